The summed E-state index contributed by atoms with van der Waals surface area (Å²) < 4.78 is 18.7. The molecule has 0 aliphatic carbocycles. The van der Waals surface area contributed by atoms with Crippen LogP contribution in [0.25, 0.3) is 0 Å². The molecule has 0 saturated carbocycles. The van der Waals surface area contributed by atoms with Crippen LogP contribution < -0.4 is 10.1 Å². The maximum atomic E-state index is 13.6. The first kappa shape index (κ1) is 12.3. The average Bonchev–Trinajstić information content (AvgIpc) is 2.70. The predicted molar refractivity (Wildman–Crippen MR) is 60.2 cm³/mol. The van der Waals surface area contributed by atoms with Gasteiger partial charge in [-0.25, -0.2) is 4.39 Å². The van der Waals surface area contributed by atoms with Crippen molar-refractivity contribution in [1.82, 2.24) is 5.32 Å². The van der Waals surface area contributed by atoms with Crippen LogP contribution in [0, 0.1) is 5.82 Å². The van der Waals surface area contributed by atoms with E-state index in [1.165, 1.54) is 6.07 Å². The summed E-state index contributed by atoms with van der Waals surface area (Å²) in [4.78, 5) is 0. The molecule has 0 bridgehead atoms. The van der Waals surface area contributed by atoms with Crippen LogP contribution in [0.5, 0.6) is 5.75 Å². The van der Waals surface area contributed by atoms with Crippen molar-refractivity contribution in [2.24, 2.45) is 0 Å². The van der Waals surface area contributed by atoms with Crippen molar-refractivity contribution in [3.05, 3.63) is 29.6 Å². The van der Waals surface area contributed by atoms with Gasteiger partial charge in [-0.3, -0.25) is 0 Å². The summed E-state index contributed by atoms with van der Waals surface area (Å²) in [5.41, 5.74) is 0.674. The van der Waals surface area contributed by atoms with Gasteiger partial charge >= 0.3 is 0 Å². The lowest BCUT2D eigenvalue weighted by atomic mass is 10.0. The van der Waals surface area contributed by atoms with E-state index < -0.39 is 0 Å². The lowest BCUT2D eigenvalue weighted by Gasteiger charge is -2.15. The van der Waals surface area contributed by atoms with E-state index in [2.05, 4.69) is 5.32 Å². The maximum absolute atomic E-state index is 13.6. The maximum Gasteiger partial charge on any atom is 0.131 e. The normalized spacial score (nSPS) is 19.7. The number of nitrogens with one attached hydrogen (secondary N) is 1. The van der Waals surface area contributed by atoms with Crippen LogP contribution in [-0.2, 0) is 0 Å². The van der Waals surface area contributed by atoms with E-state index in [1.807, 2.05) is 0 Å². The van der Waals surface area contributed by atoms with E-state index in [9.17, 15) is 4.39 Å². The van der Waals surface area contributed by atoms with Crippen molar-refractivity contribution in [2.75, 3.05) is 13.7 Å². The minimum atomic E-state index is -0.177. The molecule has 1 heterocycles. The van der Waals surface area contributed by atoms with Crippen molar-refractivity contribution in [3.8, 4) is 5.75 Å². The average molecular weight is 232 g/mol. The highest BCUT2D eigenvalue weighted by atomic mass is 35.5. The zero-order chi connectivity index (χ0) is 9.97. The van der Waals surface area contributed by atoms with Crippen molar-refractivity contribution in [3.63, 3.8) is 0 Å². The van der Waals surface area contributed by atoms with E-state index in [4.69, 9.17) is 4.74 Å². The molecule has 1 aliphatic rings. The van der Waals surface area contributed by atoms with Crippen molar-refractivity contribution in [1.29, 1.82) is 0 Å². The fourth-order valence-corrected chi connectivity index (χ4v) is 1.96. The van der Waals surface area contributed by atoms with Gasteiger partial charge < -0.3 is 10.1 Å². The Kier molecular flexibility index (Phi) is 4.36. The first-order chi connectivity index (χ1) is 6.83. The Morgan fingerprint density at radius 3 is 2.87 bits per heavy atom. The standard InChI is InChI=1S/C11H14FNO.ClH/c1-14-10-6-2-4-8(12)11(10)9-5-3-7-13-9;/h2,4,6,9,13H,3,5,7H2,1H3;1H. The second-order valence-electron chi connectivity index (χ2n) is 3.50. The molecular weight excluding hydrogens is 217 g/mol. The lowest BCUT2D eigenvalue weighted by molar-refractivity contribution is 0.396. The molecule has 84 valence electrons. The van der Waals surface area contributed by atoms with Gasteiger partial charge in [0, 0.05) is 11.6 Å². The van der Waals surface area contributed by atoms with Gasteiger partial charge in [0.2, 0.25) is 0 Å². The molecule has 1 N–H and O–H groups in total. The summed E-state index contributed by atoms with van der Waals surface area (Å²) in [6.07, 6.45) is 2.08. The zero-order valence-corrected chi connectivity index (χ0v) is 9.44. The van der Waals surface area contributed by atoms with Gasteiger partial charge in [-0.2, -0.15) is 0 Å². The third-order valence-corrected chi connectivity index (χ3v) is 2.64. The third kappa shape index (κ3) is 2.41. The Labute approximate surface area is 95.2 Å². The highest BCUT2D eigenvalue weighted by Crippen LogP contribution is 2.32. The molecular formula is C11H15ClFNO. The predicted octanol–water partition coefficient (Wildman–Crippen LogP) is 2.68. The smallest absolute Gasteiger partial charge is 0.131 e. The van der Waals surface area contributed by atoms with E-state index in [0.29, 0.717) is 11.3 Å². The third-order valence-electron chi connectivity index (χ3n) is 2.64. The largest absolute Gasteiger partial charge is 0.496 e. The van der Waals surface area contributed by atoms with Crippen LogP contribution in [0.1, 0.15) is 24.4 Å². The van der Waals surface area contributed by atoms with E-state index in [0.717, 1.165) is 19.4 Å². The molecule has 1 unspecified atom stereocenters. The zero-order valence-electron chi connectivity index (χ0n) is 8.63. The highest BCUT2D eigenvalue weighted by molar-refractivity contribution is 5.85. The number of hydrogen-bond donors (Lipinski definition) is 1. The summed E-state index contributed by atoms with van der Waals surface area (Å²) in [6, 6.07) is 5.08. The minimum absolute atomic E-state index is 0. The molecule has 1 fully saturated rings. The molecule has 1 aliphatic heterocycles. The molecule has 2 nitrogen and oxygen atoms in total. The molecule has 4 heteroatoms. The van der Waals surface area contributed by atoms with E-state index in [1.54, 1.807) is 19.2 Å². The van der Waals surface area contributed by atoms with Gasteiger partial charge in [0.15, 0.2) is 0 Å². The summed E-state index contributed by atoms with van der Waals surface area (Å²) >= 11 is 0. The Bertz CT molecular complexity index is 326. The first-order valence-corrected chi connectivity index (χ1v) is 4.88. The summed E-state index contributed by atoms with van der Waals surface area (Å²) in [6.45, 7) is 0.960. The van der Waals surface area contributed by atoms with Crippen LogP contribution in [0.15, 0.2) is 18.2 Å². The first-order valence-electron chi connectivity index (χ1n) is 4.88. The van der Waals surface area contributed by atoms with Crippen molar-refractivity contribution in [2.45, 2.75) is 18.9 Å². The number of rotatable bonds is 2. The molecule has 0 spiro atoms. The Balaban J connectivity index is 0.00000112. The van der Waals surface area contributed by atoms with Crippen LogP contribution in [0.4, 0.5) is 4.39 Å². The molecule has 1 atom stereocenters. The Hall–Kier alpha value is -0.800. The number of benzene rings is 1. The molecule has 1 aromatic rings. The second-order valence-corrected chi connectivity index (χ2v) is 3.50. The molecule has 1 aromatic carbocycles. The second kappa shape index (κ2) is 5.33. The number of halogens is 2. The van der Waals surface area contributed by atoms with Gasteiger partial charge in [-0.15, -0.1) is 12.4 Å². The summed E-state index contributed by atoms with van der Waals surface area (Å²) in [5, 5.41) is 3.27. The fourth-order valence-electron chi connectivity index (χ4n) is 1.96. The van der Waals surface area contributed by atoms with Crippen LogP contribution in [0.3, 0.4) is 0 Å². The van der Waals surface area contributed by atoms with Gasteiger partial charge in [0.05, 0.1) is 7.11 Å². The number of hydrogen-bond acceptors (Lipinski definition) is 2. The quantitative estimate of drug-likeness (QED) is 0.845. The van der Waals surface area contributed by atoms with E-state index >= 15 is 0 Å². The number of methoxy groups -OCH3 is 1. The monoisotopic (exact) mass is 231 g/mol. The molecule has 15 heavy (non-hydrogen) atoms. The molecule has 0 aromatic heterocycles. The molecule has 1 saturated heterocycles. The van der Waals surface area contributed by atoms with Crippen molar-refractivity contribution >= 4 is 12.4 Å². The van der Waals surface area contributed by atoms with Crippen LogP contribution >= 0.6 is 12.4 Å². The minimum Gasteiger partial charge on any atom is -0.496 e. The SMILES string of the molecule is COc1cccc(F)c1C1CCCN1.Cl. The van der Waals surface area contributed by atoms with Gasteiger partial charge in [0.25, 0.3) is 0 Å². The molecule has 0 radical (unpaired) electrons. The van der Waals surface area contributed by atoms with Gasteiger partial charge in [-0.1, -0.05) is 6.07 Å². The van der Waals surface area contributed by atoms with Gasteiger partial charge in [-0.05, 0) is 31.5 Å². The summed E-state index contributed by atoms with van der Waals surface area (Å²) in [7, 11) is 1.58. The lowest BCUT2D eigenvalue weighted by Crippen LogP contribution is -2.15. The van der Waals surface area contributed by atoms with Crippen LogP contribution in [0.2, 0.25) is 0 Å². The molecule has 0 amide bonds. The van der Waals surface area contributed by atoms with Crippen LogP contribution in [-0.4, -0.2) is 13.7 Å². The topological polar surface area (TPSA) is 21.3 Å². The summed E-state index contributed by atoms with van der Waals surface area (Å²) in [5.74, 6) is 0.466. The molecule has 2 rings (SSSR count). The van der Waals surface area contributed by atoms with Crippen molar-refractivity contribution < 1.29 is 9.13 Å². The Morgan fingerprint density at radius 2 is 2.27 bits per heavy atom. The van der Waals surface area contributed by atoms with E-state index in [-0.39, 0.29) is 24.3 Å². The van der Waals surface area contributed by atoms with Gasteiger partial charge in [0.1, 0.15) is 11.6 Å². The highest BCUT2D eigenvalue weighted by Gasteiger charge is 2.22. The Morgan fingerprint density at radius 1 is 1.47 bits per heavy atom. The number of ether oxygens (including phenoxy) is 1. The fraction of sp³-hybridized carbons (Fsp3) is 0.455.